The molecule has 0 aliphatic heterocycles. The monoisotopic (exact) mass is 684 g/mol. The topological polar surface area (TPSA) is 50.8 Å². The van der Waals surface area contributed by atoms with Crippen LogP contribution in [0.4, 0.5) is 11.4 Å². The molecule has 3 nitrogen and oxygen atoms in total. The fourth-order valence-corrected chi connectivity index (χ4v) is 8.04. The molecular formula is C48H65N3. The van der Waals surface area contributed by atoms with Gasteiger partial charge in [0.1, 0.15) is 0 Å². The molecule has 4 aromatic carbocycles. The molecule has 0 N–H and O–H groups in total. The Morgan fingerprint density at radius 2 is 0.608 bits per heavy atom. The molecule has 0 amide bonds. The average molecular weight is 684 g/mol. The summed E-state index contributed by atoms with van der Waals surface area (Å²) in [6, 6.07) is 21.5. The Hall–Kier alpha value is -4.34. The molecule has 0 bridgehead atoms. The Morgan fingerprint density at radius 3 is 0.843 bits per heavy atom. The van der Waals surface area contributed by atoms with E-state index >= 15 is 0 Å². The summed E-state index contributed by atoms with van der Waals surface area (Å²) in [5.74, 6) is 0. The summed E-state index contributed by atoms with van der Waals surface area (Å²) in [6.45, 7) is 39.7. The van der Waals surface area contributed by atoms with Crippen LogP contribution in [-0.2, 0) is 16.2 Å². The van der Waals surface area contributed by atoms with E-state index in [9.17, 15) is 0 Å². The second-order valence-electron chi connectivity index (χ2n) is 15.9. The second kappa shape index (κ2) is 16.3. The number of hydrogen-bond acceptors (Lipinski definition) is 3. The third kappa shape index (κ3) is 7.65. The molecule has 0 saturated heterocycles. The Labute approximate surface area is 312 Å². The van der Waals surface area contributed by atoms with Gasteiger partial charge in [-0.1, -0.05) is 90.1 Å². The van der Waals surface area contributed by atoms with Crippen molar-refractivity contribution in [2.45, 2.75) is 141 Å². The highest BCUT2D eigenvalue weighted by atomic mass is 15.1. The summed E-state index contributed by atoms with van der Waals surface area (Å²) in [4.78, 5) is 2.42. The van der Waals surface area contributed by atoms with Crippen molar-refractivity contribution in [3.05, 3.63) is 126 Å². The SMILES string of the molecule is CC#N.CC#N.CC1(C)c2ccccc2C(C)(C)C(C)(C)c2ccccc21.Cc1c(C)c(C)c(N(C)c2c(C)c(C)c(C)c(C)c2C)c(C)c1C. The lowest BCUT2D eigenvalue weighted by atomic mass is 9.61. The zero-order valence-electron chi connectivity index (χ0n) is 35.5. The minimum absolute atomic E-state index is 0.0399. The summed E-state index contributed by atoms with van der Waals surface area (Å²) in [6.07, 6.45) is 0. The first-order valence-corrected chi connectivity index (χ1v) is 18.2. The highest BCUT2D eigenvalue weighted by Gasteiger charge is 2.47. The number of anilines is 2. The standard InChI is InChI=1S/C23H33N.C21H26.2C2H3N/c1-12-14(3)18(7)22(19(8)15(12)4)24(11)23-20(9)16(5)13(2)17(6)21(23)10;1-19(2)15-11-7-9-13-17(15)20(3,4)21(5,6)18-14-10-8-12-16(18)19;2*1-2-3/h1-11H3;7-14H,1-6H3;2*1H3. The van der Waals surface area contributed by atoms with Gasteiger partial charge in [0.25, 0.3) is 0 Å². The molecule has 0 saturated carbocycles. The Morgan fingerprint density at radius 1 is 0.412 bits per heavy atom. The highest BCUT2D eigenvalue weighted by Crippen LogP contribution is 2.53. The van der Waals surface area contributed by atoms with Crippen molar-refractivity contribution in [2.75, 3.05) is 11.9 Å². The summed E-state index contributed by atoms with van der Waals surface area (Å²) >= 11 is 0. The van der Waals surface area contributed by atoms with E-state index in [-0.39, 0.29) is 16.2 Å². The lowest BCUT2D eigenvalue weighted by Gasteiger charge is -2.42. The van der Waals surface area contributed by atoms with Crippen LogP contribution in [0.3, 0.4) is 0 Å². The fraction of sp³-hybridized carbons (Fsp3) is 0.458. The van der Waals surface area contributed by atoms with E-state index in [1.54, 1.807) is 12.1 Å². The van der Waals surface area contributed by atoms with Crippen LogP contribution in [0.25, 0.3) is 0 Å². The van der Waals surface area contributed by atoms with Gasteiger partial charge in [0, 0.05) is 37.7 Å². The quantitative estimate of drug-likeness (QED) is 0.211. The number of hydrogen-bond donors (Lipinski definition) is 0. The maximum Gasteiger partial charge on any atom is 0.0587 e. The number of rotatable bonds is 2. The molecule has 51 heavy (non-hydrogen) atoms. The Kier molecular flexibility index (Phi) is 13.7. The first-order chi connectivity index (χ1) is 23.6. The predicted molar refractivity (Wildman–Crippen MR) is 222 cm³/mol. The minimum atomic E-state index is 0.0399. The number of nitrogens with zero attached hydrogens (tertiary/aromatic N) is 3. The van der Waals surface area contributed by atoms with E-state index < -0.39 is 0 Å². The van der Waals surface area contributed by atoms with Gasteiger partial charge in [0.2, 0.25) is 0 Å². The molecular weight excluding hydrogens is 619 g/mol. The van der Waals surface area contributed by atoms with Gasteiger partial charge in [-0.05, 0) is 158 Å². The van der Waals surface area contributed by atoms with Gasteiger partial charge in [0.05, 0.1) is 12.1 Å². The summed E-state index contributed by atoms with van der Waals surface area (Å²) in [7, 11) is 2.23. The second-order valence-corrected chi connectivity index (χ2v) is 15.9. The van der Waals surface area contributed by atoms with Crippen LogP contribution >= 0.6 is 0 Å². The molecule has 0 heterocycles. The first-order valence-electron chi connectivity index (χ1n) is 18.2. The van der Waals surface area contributed by atoms with Crippen molar-refractivity contribution in [2.24, 2.45) is 0 Å². The van der Waals surface area contributed by atoms with E-state index in [1.807, 2.05) is 0 Å². The van der Waals surface area contributed by atoms with Gasteiger partial charge in [-0.25, -0.2) is 0 Å². The van der Waals surface area contributed by atoms with E-state index in [1.165, 1.54) is 103 Å². The molecule has 1 aliphatic rings. The summed E-state index contributed by atoms with van der Waals surface area (Å²) in [5.41, 5.74) is 22.9. The molecule has 4 aromatic rings. The maximum atomic E-state index is 7.32. The zero-order chi connectivity index (χ0) is 39.4. The van der Waals surface area contributed by atoms with Crippen molar-refractivity contribution in [1.82, 2.24) is 0 Å². The lowest BCUT2D eigenvalue weighted by molar-refractivity contribution is 0.304. The van der Waals surface area contributed by atoms with Crippen LogP contribution in [0.1, 0.15) is 133 Å². The van der Waals surface area contributed by atoms with Crippen LogP contribution in [0.15, 0.2) is 48.5 Å². The number of nitriles is 2. The van der Waals surface area contributed by atoms with Crippen LogP contribution in [-0.4, -0.2) is 7.05 Å². The van der Waals surface area contributed by atoms with E-state index in [0.29, 0.717) is 0 Å². The highest BCUT2D eigenvalue weighted by molar-refractivity contribution is 5.78. The predicted octanol–water partition coefficient (Wildman–Crippen LogP) is 13.2. The maximum absolute atomic E-state index is 7.32. The van der Waals surface area contributed by atoms with Gasteiger partial charge in [-0.2, -0.15) is 10.5 Å². The Balaban J connectivity index is 0.000000308. The first kappa shape index (κ1) is 42.8. The van der Waals surface area contributed by atoms with Gasteiger partial charge < -0.3 is 4.90 Å². The van der Waals surface area contributed by atoms with Crippen LogP contribution in [0.5, 0.6) is 0 Å². The molecule has 0 radical (unpaired) electrons. The molecule has 0 unspecified atom stereocenters. The molecule has 3 heteroatoms. The Bertz CT molecular complexity index is 1770. The van der Waals surface area contributed by atoms with Crippen molar-refractivity contribution in [3.8, 4) is 12.1 Å². The number of benzene rings is 4. The van der Waals surface area contributed by atoms with Crippen LogP contribution < -0.4 is 4.90 Å². The van der Waals surface area contributed by atoms with Crippen LogP contribution in [0, 0.1) is 91.9 Å². The van der Waals surface area contributed by atoms with Crippen molar-refractivity contribution in [3.63, 3.8) is 0 Å². The van der Waals surface area contributed by atoms with Gasteiger partial charge in [-0.15, -0.1) is 0 Å². The van der Waals surface area contributed by atoms with Crippen molar-refractivity contribution >= 4 is 11.4 Å². The molecule has 5 rings (SSSR count). The third-order valence-corrected chi connectivity index (χ3v) is 12.7. The van der Waals surface area contributed by atoms with Gasteiger partial charge in [0.15, 0.2) is 0 Å². The van der Waals surface area contributed by atoms with Crippen molar-refractivity contribution < 1.29 is 0 Å². The smallest absolute Gasteiger partial charge is 0.0587 e. The van der Waals surface area contributed by atoms with E-state index in [2.05, 4.69) is 171 Å². The minimum Gasteiger partial charge on any atom is -0.344 e. The molecule has 0 atom stereocenters. The fourth-order valence-electron chi connectivity index (χ4n) is 8.04. The average Bonchev–Trinajstić information content (AvgIpc) is 3.12. The van der Waals surface area contributed by atoms with Gasteiger partial charge >= 0.3 is 0 Å². The molecule has 0 aromatic heterocycles. The van der Waals surface area contributed by atoms with Crippen LogP contribution in [0.2, 0.25) is 0 Å². The summed E-state index contributed by atoms with van der Waals surface area (Å²) in [5, 5.41) is 14.6. The lowest BCUT2D eigenvalue weighted by Crippen LogP contribution is -2.40. The zero-order valence-corrected chi connectivity index (χ0v) is 35.5. The largest absolute Gasteiger partial charge is 0.344 e. The van der Waals surface area contributed by atoms with Crippen molar-refractivity contribution in [1.29, 1.82) is 10.5 Å². The third-order valence-electron chi connectivity index (χ3n) is 12.7. The molecule has 272 valence electrons. The molecule has 1 aliphatic carbocycles. The molecule has 0 fully saturated rings. The van der Waals surface area contributed by atoms with Gasteiger partial charge in [-0.3, -0.25) is 0 Å². The van der Waals surface area contributed by atoms with E-state index in [0.717, 1.165) is 0 Å². The normalized spacial score (nSPS) is 14.2. The summed E-state index contributed by atoms with van der Waals surface area (Å²) < 4.78 is 0. The number of fused-ring (bicyclic) bond motifs is 2. The van der Waals surface area contributed by atoms with E-state index in [4.69, 9.17) is 10.5 Å². The molecule has 0 spiro atoms.